The Morgan fingerprint density at radius 2 is 0.893 bits per heavy atom. The number of carbonyl (C=O) groups excluding carboxylic acids is 2. The quantitative estimate of drug-likeness (QED) is 0.570. The van der Waals surface area contributed by atoms with Crippen molar-refractivity contribution in [1.82, 2.24) is 0 Å². The van der Waals surface area contributed by atoms with Crippen LogP contribution >= 0.6 is 0 Å². The largest absolute Gasteiger partial charge is 0.453 e. The van der Waals surface area contributed by atoms with E-state index < -0.39 is 12.2 Å². The predicted octanol–water partition coefficient (Wildman–Crippen LogP) is 4.99. The number of hydrogen-bond acceptors (Lipinski definition) is 4. The first-order chi connectivity index (χ1) is 13.6. The highest BCUT2D eigenvalue weighted by Crippen LogP contribution is 2.36. The normalized spacial score (nSPS) is 12.6. The summed E-state index contributed by atoms with van der Waals surface area (Å²) in [5.74, 6) is -0.764. The summed E-state index contributed by atoms with van der Waals surface area (Å²) in [6.07, 6.45) is -1.20. The Morgan fingerprint density at radius 1 is 0.571 bits per heavy atom. The molecule has 4 heteroatoms. The van der Waals surface area contributed by atoms with Crippen molar-refractivity contribution in [2.24, 2.45) is 0 Å². The molecule has 0 spiro atoms. The molecule has 0 bridgehead atoms. The molecule has 0 amide bonds. The summed E-state index contributed by atoms with van der Waals surface area (Å²) in [5, 5.41) is 0. The zero-order valence-electron chi connectivity index (χ0n) is 15.9. The zero-order chi connectivity index (χ0) is 19.9. The third-order valence-corrected chi connectivity index (χ3v) is 4.33. The summed E-state index contributed by atoms with van der Waals surface area (Å²) in [4.78, 5) is 23.6. The molecular formula is C24H22O4. The van der Waals surface area contributed by atoms with Crippen LogP contribution in [0.2, 0.25) is 0 Å². The fourth-order valence-corrected chi connectivity index (χ4v) is 3.20. The first-order valence-corrected chi connectivity index (χ1v) is 9.09. The molecule has 0 N–H and O–H groups in total. The van der Waals surface area contributed by atoms with E-state index in [9.17, 15) is 9.59 Å². The second-order valence-electron chi connectivity index (χ2n) is 6.43. The van der Waals surface area contributed by atoms with E-state index in [4.69, 9.17) is 9.47 Å². The van der Waals surface area contributed by atoms with E-state index >= 15 is 0 Å². The number of benzene rings is 3. The minimum absolute atomic E-state index is 0.382. The standard InChI is InChI=1S/C24H22O4/c1-17(25)27-23(19-11-5-3-6-12-19)21-15-9-10-16-22(21)24(28-18(2)26)20-13-7-4-8-14-20/h3-16,23-24H,1-2H3. The average Bonchev–Trinajstić information content (AvgIpc) is 2.71. The minimum atomic E-state index is -0.600. The van der Waals surface area contributed by atoms with Crippen molar-refractivity contribution in [2.75, 3.05) is 0 Å². The van der Waals surface area contributed by atoms with Crippen LogP contribution in [0, 0.1) is 0 Å². The first-order valence-electron chi connectivity index (χ1n) is 9.09. The van der Waals surface area contributed by atoms with Crippen molar-refractivity contribution in [1.29, 1.82) is 0 Å². The van der Waals surface area contributed by atoms with Gasteiger partial charge in [0.2, 0.25) is 0 Å². The van der Waals surface area contributed by atoms with E-state index in [1.54, 1.807) is 0 Å². The number of ether oxygens (including phenoxy) is 2. The van der Waals surface area contributed by atoms with Crippen molar-refractivity contribution in [2.45, 2.75) is 26.1 Å². The predicted molar refractivity (Wildman–Crippen MR) is 107 cm³/mol. The molecule has 0 fully saturated rings. The fraction of sp³-hybridized carbons (Fsp3) is 0.167. The summed E-state index contributed by atoms with van der Waals surface area (Å²) >= 11 is 0. The van der Waals surface area contributed by atoms with E-state index in [2.05, 4.69) is 0 Å². The number of rotatable bonds is 6. The summed E-state index contributed by atoms with van der Waals surface area (Å²) in [5.41, 5.74) is 3.25. The lowest BCUT2D eigenvalue weighted by atomic mass is 9.91. The van der Waals surface area contributed by atoms with Crippen LogP contribution in [0.1, 0.15) is 48.3 Å². The molecule has 0 aromatic heterocycles. The maximum atomic E-state index is 11.8. The van der Waals surface area contributed by atoms with Crippen LogP contribution in [0.4, 0.5) is 0 Å². The highest BCUT2D eigenvalue weighted by molar-refractivity contribution is 5.68. The molecule has 0 aliphatic carbocycles. The molecular weight excluding hydrogens is 352 g/mol. The van der Waals surface area contributed by atoms with E-state index in [1.165, 1.54) is 13.8 Å². The van der Waals surface area contributed by atoms with E-state index in [-0.39, 0.29) is 11.9 Å². The molecule has 0 radical (unpaired) electrons. The third kappa shape index (κ3) is 4.65. The van der Waals surface area contributed by atoms with Crippen LogP contribution in [0.3, 0.4) is 0 Å². The topological polar surface area (TPSA) is 52.6 Å². The SMILES string of the molecule is CC(=O)OC(c1ccccc1)c1ccccc1C(OC(C)=O)c1ccccc1. The Balaban J connectivity index is 2.14. The maximum absolute atomic E-state index is 11.8. The van der Waals surface area contributed by atoms with Gasteiger partial charge in [0.15, 0.2) is 12.2 Å². The van der Waals surface area contributed by atoms with Crippen LogP contribution in [0.5, 0.6) is 0 Å². The van der Waals surface area contributed by atoms with E-state index in [1.807, 2.05) is 84.9 Å². The molecule has 28 heavy (non-hydrogen) atoms. The van der Waals surface area contributed by atoms with Gasteiger partial charge in [0, 0.05) is 25.0 Å². The summed E-state index contributed by atoms with van der Waals surface area (Å²) in [6.45, 7) is 2.78. The average molecular weight is 374 g/mol. The maximum Gasteiger partial charge on any atom is 0.303 e. The Hall–Kier alpha value is -3.40. The van der Waals surface area contributed by atoms with Gasteiger partial charge in [0.05, 0.1) is 0 Å². The van der Waals surface area contributed by atoms with Crippen molar-refractivity contribution in [3.8, 4) is 0 Å². The Morgan fingerprint density at radius 3 is 1.21 bits per heavy atom. The molecule has 4 nitrogen and oxygen atoms in total. The highest BCUT2D eigenvalue weighted by atomic mass is 16.5. The molecule has 3 aromatic rings. The van der Waals surface area contributed by atoms with Gasteiger partial charge in [0.1, 0.15) is 0 Å². The zero-order valence-corrected chi connectivity index (χ0v) is 15.9. The van der Waals surface area contributed by atoms with Crippen LogP contribution < -0.4 is 0 Å². The number of carbonyl (C=O) groups is 2. The molecule has 142 valence electrons. The molecule has 0 aliphatic rings. The molecule has 0 saturated carbocycles. The van der Waals surface area contributed by atoms with E-state index in [0.717, 1.165) is 22.3 Å². The first kappa shape index (κ1) is 19.4. The van der Waals surface area contributed by atoms with Gasteiger partial charge in [-0.05, 0) is 11.1 Å². The molecule has 3 rings (SSSR count). The lowest BCUT2D eigenvalue weighted by Gasteiger charge is -2.25. The van der Waals surface area contributed by atoms with Crippen molar-refractivity contribution in [3.63, 3.8) is 0 Å². The minimum Gasteiger partial charge on any atom is -0.453 e. The van der Waals surface area contributed by atoms with E-state index in [0.29, 0.717) is 0 Å². The second-order valence-corrected chi connectivity index (χ2v) is 6.43. The van der Waals surface area contributed by atoms with Gasteiger partial charge in [-0.3, -0.25) is 9.59 Å². The molecule has 2 unspecified atom stereocenters. The lowest BCUT2D eigenvalue weighted by Crippen LogP contribution is -2.17. The third-order valence-electron chi connectivity index (χ3n) is 4.33. The summed E-state index contributed by atoms with van der Waals surface area (Å²) in [6, 6.07) is 26.6. The van der Waals surface area contributed by atoms with Crippen LogP contribution in [0.15, 0.2) is 84.9 Å². The fourth-order valence-electron chi connectivity index (χ4n) is 3.20. The van der Waals surface area contributed by atoms with Gasteiger partial charge in [0.25, 0.3) is 0 Å². The summed E-state index contributed by atoms with van der Waals surface area (Å²) < 4.78 is 11.3. The molecule has 0 heterocycles. The van der Waals surface area contributed by atoms with Gasteiger partial charge in [-0.15, -0.1) is 0 Å². The number of esters is 2. The van der Waals surface area contributed by atoms with Crippen molar-refractivity contribution < 1.29 is 19.1 Å². The monoisotopic (exact) mass is 374 g/mol. The van der Waals surface area contributed by atoms with Gasteiger partial charge in [-0.1, -0.05) is 84.9 Å². The Labute approximate surface area is 164 Å². The smallest absolute Gasteiger partial charge is 0.303 e. The van der Waals surface area contributed by atoms with Crippen molar-refractivity contribution >= 4 is 11.9 Å². The molecule has 2 atom stereocenters. The Kier molecular flexibility index (Phi) is 6.22. The summed E-state index contributed by atoms with van der Waals surface area (Å²) in [7, 11) is 0. The van der Waals surface area contributed by atoms with Gasteiger partial charge >= 0.3 is 11.9 Å². The highest BCUT2D eigenvalue weighted by Gasteiger charge is 2.26. The van der Waals surface area contributed by atoms with Gasteiger partial charge in [-0.25, -0.2) is 0 Å². The lowest BCUT2D eigenvalue weighted by molar-refractivity contribution is -0.146. The molecule has 3 aromatic carbocycles. The van der Waals surface area contributed by atoms with Crippen molar-refractivity contribution in [3.05, 3.63) is 107 Å². The van der Waals surface area contributed by atoms with Crippen LogP contribution in [0.25, 0.3) is 0 Å². The van der Waals surface area contributed by atoms with Gasteiger partial charge < -0.3 is 9.47 Å². The van der Waals surface area contributed by atoms with Crippen LogP contribution in [-0.2, 0) is 19.1 Å². The van der Waals surface area contributed by atoms with Gasteiger partial charge in [-0.2, -0.15) is 0 Å². The van der Waals surface area contributed by atoms with Crippen LogP contribution in [-0.4, -0.2) is 11.9 Å². The molecule has 0 aliphatic heterocycles. The molecule has 0 saturated heterocycles. The Bertz CT molecular complexity index is 857. The second kappa shape index (κ2) is 9.00. The number of hydrogen-bond donors (Lipinski definition) is 0.